The van der Waals surface area contributed by atoms with Crippen LogP contribution in [0.3, 0.4) is 0 Å². The van der Waals surface area contributed by atoms with Crippen molar-refractivity contribution in [2.45, 2.75) is 37.3 Å². The monoisotopic (exact) mass is 409 g/mol. The van der Waals surface area contributed by atoms with Crippen LogP contribution in [0.15, 0.2) is 70.6 Å². The average Bonchev–Trinajstić information content (AvgIpc) is 2.72. The summed E-state index contributed by atoms with van der Waals surface area (Å²) in [5.74, 6) is 0.577. The van der Waals surface area contributed by atoms with Gasteiger partial charge in [0.05, 0.1) is 10.9 Å². The van der Waals surface area contributed by atoms with Crippen molar-refractivity contribution >= 4 is 23.4 Å². The van der Waals surface area contributed by atoms with Gasteiger partial charge in [-0.05, 0) is 37.1 Å². The van der Waals surface area contributed by atoms with Crippen molar-refractivity contribution in [2.75, 3.05) is 5.32 Å². The molecular formula is C22H23N3O3S. The molecule has 2 aromatic carbocycles. The first kappa shape index (κ1) is 20.7. The fourth-order valence-corrected chi connectivity index (χ4v) is 3.60. The summed E-state index contributed by atoms with van der Waals surface area (Å²) in [7, 11) is 0. The summed E-state index contributed by atoms with van der Waals surface area (Å²) in [4.78, 5) is 31.9. The Hall–Kier alpha value is -3.06. The first-order chi connectivity index (χ1) is 14.0. The lowest BCUT2D eigenvalue weighted by atomic mass is 10.2. The number of nitrogens with zero attached hydrogens (tertiary/aromatic N) is 1. The number of H-pyrrole nitrogens is 1. The van der Waals surface area contributed by atoms with Crippen molar-refractivity contribution in [2.24, 2.45) is 0 Å². The minimum absolute atomic E-state index is 0.125. The fourth-order valence-electron chi connectivity index (χ4n) is 2.67. The summed E-state index contributed by atoms with van der Waals surface area (Å²) in [6, 6.07) is 18.4. The number of rotatable bonds is 8. The molecule has 0 aliphatic rings. The largest absolute Gasteiger partial charge is 0.487 e. The molecule has 0 aliphatic carbocycles. The zero-order valence-electron chi connectivity index (χ0n) is 16.3. The van der Waals surface area contributed by atoms with Crippen molar-refractivity contribution < 1.29 is 9.53 Å². The molecule has 0 saturated heterocycles. The summed E-state index contributed by atoms with van der Waals surface area (Å²) >= 11 is 1.24. The maximum atomic E-state index is 12.7. The quantitative estimate of drug-likeness (QED) is 0.431. The van der Waals surface area contributed by atoms with Crippen LogP contribution in [0.1, 0.15) is 24.6 Å². The van der Waals surface area contributed by atoms with Gasteiger partial charge in [0.1, 0.15) is 12.4 Å². The number of aromatic nitrogens is 2. The minimum atomic E-state index is -0.386. The molecule has 3 aromatic rings. The number of thioether (sulfide) groups is 1. The molecule has 6 nitrogen and oxygen atoms in total. The standard InChI is InChI=1S/C22H23N3O3S/c1-3-19(21(27)24-18-12-8-7-9-15(18)2)29-22-23-16(13-20(26)25-22)14-28-17-10-5-4-6-11-17/h4-13,19H,3,14H2,1-2H3,(H,24,27)(H,23,25,26). The van der Waals surface area contributed by atoms with Gasteiger partial charge in [0, 0.05) is 11.8 Å². The lowest BCUT2D eigenvalue weighted by molar-refractivity contribution is -0.115. The molecule has 7 heteroatoms. The highest BCUT2D eigenvalue weighted by molar-refractivity contribution is 8.00. The van der Waals surface area contributed by atoms with Crippen molar-refractivity contribution in [3.8, 4) is 5.75 Å². The van der Waals surface area contributed by atoms with Crippen LogP contribution >= 0.6 is 11.8 Å². The number of ether oxygens (including phenoxy) is 1. The molecule has 0 radical (unpaired) electrons. The van der Waals surface area contributed by atoms with Crippen molar-refractivity contribution in [3.05, 3.63) is 82.3 Å². The number of carbonyl (C=O) groups is 1. The second-order valence-corrected chi connectivity index (χ2v) is 7.65. The topological polar surface area (TPSA) is 84.1 Å². The van der Waals surface area contributed by atoms with Crippen LogP contribution in [0, 0.1) is 6.92 Å². The van der Waals surface area contributed by atoms with E-state index in [2.05, 4.69) is 15.3 Å². The third kappa shape index (κ3) is 5.96. The second kappa shape index (κ2) is 9.93. The van der Waals surface area contributed by atoms with Crippen LogP contribution in [0.4, 0.5) is 5.69 Å². The molecule has 0 saturated carbocycles. The van der Waals surface area contributed by atoms with Gasteiger partial charge < -0.3 is 15.0 Å². The van der Waals surface area contributed by atoms with Crippen LogP contribution in [0.25, 0.3) is 0 Å². The van der Waals surface area contributed by atoms with E-state index in [1.54, 1.807) is 0 Å². The Labute approximate surface area is 173 Å². The number of benzene rings is 2. The van der Waals surface area contributed by atoms with Gasteiger partial charge in [0.2, 0.25) is 5.91 Å². The van der Waals surface area contributed by atoms with Crippen molar-refractivity contribution in [1.82, 2.24) is 9.97 Å². The first-order valence-electron chi connectivity index (χ1n) is 9.36. The van der Waals surface area contributed by atoms with Gasteiger partial charge >= 0.3 is 0 Å². The summed E-state index contributed by atoms with van der Waals surface area (Å²) in [5.41, 5.74) is 2.01. The van der Waals surface area contributed by atoms with E-state index in [0.29, 0.717) is 23.0 Å². The predicted molar refractivity (Wildman–Crippen MR) is 115 cm³/mol. The van der Waals surface area contributed by atoms with Gasteiger partial charge in [-0.2, -0.15) is 0 Å². The van der Waals surface area contributed by atoms with Crippen molar-refractivity contribution in [1.29, 1.82) is 0 Å². The average molecular weight is 410 g/mol. The smallest absolute Gasteiger partial charge is 0.251 e. The lowest BCUT2D eigenvalue weighted by Gasteiger charge is -2.15. The molecule has 0 aliphatic heterocycles. The molecule has 0 spiro atoms. The normalized spacial score (nSPS) is 11.7. The van der Waals surface area contributed by atoms with Crippen molar-refractivity contribution in [3.63, 3.8) is 0 Å². The number of anilines is 1. The number of nitrogens with one attached hydrogen (secondary N) is 2. The molecule has 1 aromatic heterocycles. The second-order valence-electron chi connectivity index (χ2n) is 6.46. The Morgan fingerprint density at radius 2 is 1.90 bits per heavy atom. The van der Waals surface area contributed by atoms with E-state index >= 15 is 0 Å². The number of hydrogen-bond donors (Lipinski definition) is 2. The van der Waals surface area contributed by atoms with Gasteiger partial charge in [-0.1, -0.05) is 55.1 Å². The Bertz CT molecular complexity index is 1020. The van der Waals surface area contributed by atoms with Crippen LogP contribution < -0.4 is 15.6 Å². The first-order valence-corrected chi connectivity index (χ1v) is 10.2. The number of hydrogen-bond acceptors (Lipinski definition) is 5. The number of carbonyl (C=O) groups excluding carboxylic acids is 1. The molecule has 0 bridgehead atoms. The van der Waals surface area contributed by atoms with Gasteiger partial charge in [-0.3, -0.25) is 9.59 Å². The predicted octanol–water partition coefficient (Wildman–Crippen LogP) is 4.17. The number of para-hydroxylation sites is 2. The number of amides is 1. The van der Waals surface area contributed by atoms with E-state index in [0.717, 1.165) is 11.3 Å². The molecule has 1 amide bonds. The lowest BCUT2D eigenvalue weighted by Crippen LogP contribution is -2.25. The Balaban J connectivity index is 1.68. The van der Waals surface area contributed by atoms with Crippen LogP contribution in [0.2, 0.25) is 0 Å². The molecule has 1 atom stereocenters. The zero-order chi connectivity index (χ0) is 20.6. The van der Waals surface area contributed by atoms with Gasteiger partial charge in [-0.25, -0.2) is 4.98 Å². The molecule has 1 unspecified atom stereocenters. The fraction of sp³-hybridized carbons (Fsp3) is 0.227. The van der Waals surface area contributed by atoms with Crippen LogP contribution in [-0.4, -0.2) is 21.1 Å². The van der Waals surface area contributed by atoms with E-state index in [4.69, 9.17) is 4.74 Å². The number of aryl methyl sites for hydroxylation is 1. The highest BCUT2D eigenvalue weighted by Crippen LogP contribution is 2.24. The third-order valence-corrected chi connectivity index (χ3v) is 5.47. The van der Waals surface area contributed by atoms with Gasteiger partial charge in [0.15, 0.2) is 5.16 Å². The Morgan fingerprint density at radius 1 is 1.17 bits per heavy atom. The SMILES string of the molecule is CCC(Sc1nc(COc2ccccc2)cc(=O)[nH]1)C(=O)Nc1ccccc1C. The van der Waals surface area contributed by atoms with E-state index in [9.17, 15) is 9.59 Å². The Kier molecular flexibility index (Phi) is 7.08. The number of aromatic amines is 1. The summed E-state index contributed by atoms with van der Waals surface area (Å²) in [6.45, 7) is 4.04. The van der Waals surface area contributed by atoms with Crippen LogP contribution in [-0.2, 0) is 11.4 Å². The highest BCUT2D eigenvalue weighted by Gasteiger charge is 2.20. The summed E-state index contributed by atoms with van der Waals surface area (Å²) < 4.78 is 5.67. The molecule has 1 heterocycles. The summed E-state index contributed by atoms with van der Waals surface area (Å²) in [6.07, 6.45) is 0.594. The van der Waals surface area contributed by atoms with E-state index in [1.165, 1.54) is 17.8 Å². The third-order valence-electron chi connectivity index (χ3n) is 4.22. The van der Waals surface area contributed by atoms with Gasteiger partial charge in [-0.15, -0.1) is 0 Å². The maximum absolute atomic E-state index is 12.7. The maximum Gasteiger partial charge on any atom is 0.251 e. The summed E-state index contributed by atoms with van der Waals surface area (Å²) in [5, 5.41) is 2.97. The molecule has 3 rings (SSSR count). The minimum Gasteiger partial charge on any atom is -0.487 e. The Morgan fingerprint density at radius 3 is 2.62 bits per heavy atom. The zero-order valence-corrected chi connectivity index (χ0v) is 17.2. The molecule has 29 heavy (non-hydrogen) atoms. The highest BCUT2D eigenvalue weighted by atomic mass is 32.2. The van der Waals surface area contributed by atoms with Crippen LogP contribution in [0.5, 0.6) is 5.75 Å². The van der Waals surface area contributed by atoms with E-state index < -0.39 is 0 Å². The molecule has 0 fully saturated rings. The van der Waals surface area contributed by atoms with E-state index in [1.807, 2.05) is 68.4 Å². The molecule has 150 valence electrons. The van der Waals surface area contributed by atoms with E-state index in [-0.39, 0.29) is 23.3 Å². The molecule has 2 N–H and O–H groups in total. The van der Waals surface area contributed by atoms with Gasteiger partial charge in [0.25, 0.3) is 5.56 Å². The molecular weight excluding hydrogens is 386 g/mol.